The van der Waals surface area contributed by atoms with Crippen molar-refractivity contribution in [2.24, 2.45) is 0 Å². The fourth-order valence-corrected chi connectivity index (χ4v) is 3.12. The van der Waals surface area contributed by atoms with Gasteiger partial charge in [0.05, 0.1) is 0 Å². The monoisotopic (exact) mass is 210 g/mol. The van der Waals surface area contributed by atoms with Crippen LogP contribution in [0, 0.1) is 0 Å². The van der Waals surface area contributed by atoms with E-state index in [0.717, 1.165) is 12.8 Å². The highest BCUT2D eigenvalue weighted by molar-refractivity contribution is 6.61. The van der Waals surface area contributed by atoms with Crippen molar-refractivity contribution in [2.45, 2.75) is 19.8 Å². The lowest BCUT2D eigenvalue weighted by molar-refractivity contribution is 0.291. The molecule has 1 aromatic carbocycles. The van der Waals surface area contributed by atoms with Crippen LogP contribution in [0.1, 0.15) is 18.9 Å². The SMILES string of the molecule is CCCc1ccccc1[SiH](OC)OC. The zero-order valence-electron chi connectivity index (χ0n) is 9.12. The Morgan fingerprint density at radius 2 is 1.79 bits per heavy atom. The minimum absolute atomic E-state index is 1.10. The van der Waals surface area contributed by atoms with E-state index in [0.29, 0.717) is 0 Å². The van der Waals surface area contributed by atoms with Gasteiger partial charge in [-0.1, -0.05) is 37.6 Å². The van der Waals surface area contributed by atoms with Gasteiger partial charge < -0.3 is 8.85 Å². The molecule has 0 radical (unpaired) electrons. The highest BCUT2D eigenvalue weighted by atomic mass is 28.3. The summed E-state index contributed by atoms with van der Waals surface area (Å²) in [6.07, 6.45) is 2.26. The van der Waals surface area contributed by atoms with Gasteiger partial charge in [0.25, 0.3) is 0 Å². The van der Waals surface area contributed by atoms with E-state index in [1.54, 1.807) is 14.2 Å². The molecule has 2 nitrogen and oxygen atoms in total. The fourth-order valence-electron chi connectivity index (χ4n) is 1.61. The molecule has 0 aliphatic heterocycles. The molecule has 0 unspecified atom stereocenters. The largest absolute Gasteiger partial charge is 0.397 e. The standard InChI is InChI=1S/C11H18O2Si/c1-4-7-10-8-5-6-9-11(10)14(12-2)13-3/h5-6,8-9,14H,4,7H2,1-3H3. The molecule has 1 aromatic rings. The Kier molecular flexibility index (Phi) is 4.86. The summed E-state index contributed by atoms with van der Waals surface area (Å²) in [5.74, 6) is 0. The lowest BCUT2D eigenvalue weighted by Gasteiger charge is -2.14. The maximum absolute atomic E-state index is 5.39. The highest BCUT2D eigenvalue weighted by Gasteiger charge is 2.15. The molecule has 14 heavy (non-hydrogen) atoms. The predicted octanol–water partition coefficient (Wildman–Crippen LogP) is 1.36. The number of rotatable bonds is 5. The minimum atomic E-state index is -1.62. The van der Waals surface area contributed by atoms with Gasteiger partial charge in [0.1, 0.15) is 0 Å². The van der Waals surface area contributed by atoms with Crippen LogP contribution in [0.3, 0.4) is 0 Å². The molecule has 78 valence electrons. The molecule has 0 N–H and O–H groups in total. The summed E-state index contributed by atoms with van der Waals surface area (Å²) in [5.41, 5.74) is 1.37. The lowest BCUT2D eigenvalue weighted by atomic mass is 10.1. The molecule has 3 heteroatoms. The summed E-state index contributed by atoms with van der Waals surface area (Å²) < 4.78 is 10.8. The number of aryl methyl sites for hydroxylation is 1. The normalized spacial score (nSPS) is 10.9. The lowest BCUT2D eigenvalue weighted by Crippen LogP contribution is -2.37. The van der Waals surface area contributed by atoms with Gasteiger partial charge in [0, 0.05) is 14.2 Å². The molecular formula is C11H18O2Si. The van der Waals surface area contributed by atoms with E-state index in [9.17, 15) is 0 Å². The van der Waals surface area contributed by atoms with E-state index in [-0.39, 0.29) is 0 Å². The van der Waals surface area contributed by atoms with Crippen molar-refractivity contribution in [1.82, 2.24) is 0 Å². The Balaban J connectivity index is 2.92. The molecule has 0 aromatic heterocycles. The van der Waals surface area contributed by atoms with Gasteiger partial charge >= 0.3 is 9.28 Å². The molecule has 1 rings (SSSR count). The smallest absolute Gasteiger partial charge is 0.355 e. The van der Waals surface area contributed by atoms with Gasteiger partial charge in [-0.05, 0) is 17.2 Å². The average molecular weight is 210 g/mol. The van der Waals surface area contributed by atoms with Crippen molar-refractivity contribution in [3.05, 3.63) is 29.8 Å². The van der Waals surface area contributed by atoms with E-state index in [4.69, 9.17) is 8.85 Å². The topological polar surface area (TPSA) is 18.5 Å². The van der Waals surface area contributed by atoms with Crippen molar-refractivity contribution >= 4 is 14.5 Å². The third-order valence-electron chi connectivity index (χ3n) is 2.26. The van der Waals surface area contributed by atoms with Crippen LogP contribution in [0.25, 0.3) is 0 Å². The van der Waals surface area contributed by atoms with E-state index >= 15 is 0 Å². The maximum atomic E-state index is 5.39. The molecule has 0 heterocycles. The van der Waals surface area contributed by atoms with Crippen LogP contribution >= 0.6 is 0 Å². The Bertz CT molecular complexity index is 272. The van der Waals surface area contributed by atoms with Crippen molar-refractivity contribution in [3.63, 3.8) is 0 Å². The third kappa shape index (κ3) is 2.67. The summed E-state index contributed by atoms with van der Waals surface area (Å²) in [6, 6.07) is 8.41. The second kappa shape index (κ2) is 5.96. The highest BCUT2D eigenvalue weighted by Crippen LogP contribution is 2.02. The van der Waals surface area contributed by atoms with Gasteiger partial charge in [0.15, 0.2) is 0 Å². The maximum Gasteiger partial charge on any atom is 0.355 e. The zero-order chi connectivity index (χ0) is 10.4. The van der Waals surface area contributed by atoms with Crippen LogP contribution in [-0.4, -0.2) is 23.5 Å². The van der Waals surface area contributed by atoms with E-state index in [1.165, 1.54) is 10.8 Å². The second-order valence-electron chi connectivity index (χ2n) is 3.25. The number of benzene rings is 1. The first-order valence-electron chi connectivity index (χ1n) is 4.96. The van der Waals surface area contributed by atoms with Gasteiger partial charge in [-0.2, -0.15) is 0 Å². The average Bonchev–Trinajstić information content (AvgIpc) is 2.23. The Hall–Kier alpha value is -0.643. The molecule has 0 spiro atoms. The van der Waals surface area contributed by atoms with Crippen molar-refractivity contribution in [2.75, 3.05) is 14.2 Å². The van der Waals surface area contributed by atoms with Gasteiger partial charge in [-0.3, -0.25) is 0 Å². The molecular weight excluding hydrogens is 192 g/mol. The van der Waals surface area contributed by atoms with Gasteiger partial charge in [0.2, 0.25) is 0 Å². The van der Waals surface area contributed by atoms with E-state index < -0.39 is 9.28 Å². The van der Waals surface area contributed by atoms with E-state index in [2.05, 4.69) is 25.1 Å². The minimum Gasteiger partial charge on any atom is -0.397 e. The Labute approximate surface area is 87.7 Å². The Morgan fingerprint density at radius 1 is 1.14 bits per heavy atom. The molecule has 0 amide bonds. The number of hydrogen-bond donors (Lipinski definition) is 0. The first kappa shape index (κ1) is 11.4. The summed E-state index contributed by atoms with van der Waals surface area (Å²) >= 11 is 0. The summed E-state index contributed by atoms with van der Waals surface area (Å²) in [5, 5.41) is 1.28. The molecule has 0 fully saturated rings. The third-order valence-corrected chi connectivity index (χ3v) is 4.18. The van der Waals surface area contributed by atoms with Crippen molar-refractivity contribution < 1.29 is 8.85 Å². The molecule has 0 saturated carbocycles. The predicted molar refractivity (Wildman–Crippen MR) is 61.2 cm³/mol. The summed E-state index contributed by atoms with van der Waals surface area (Å²) in [7, 11) is 1.83. The van der Waals surface area contributed by atoms with E-state index in [1.807, 2.05) is 6.07 Å². The summed E-state index contributed by atoms with van der Waals surface area (Å²) in [4.78, 5) is 0. The molecule has 0 atom stereocenters. The van der Waals surface area contributed by atoms with Crippen molar-refractivity contribution in [1.29, 1.82) is 0 Å². The van der Waals surface area contributed by atoms with Gasteiger partial charge in [-0.15, -0.1) is 0 Å². The summed E-state index contributed by atoms with van der Waals surface area (Å²) in [6.45, 7) is 2.19. The van der Waals surface area contributed by atoms with Crippen LogP contribution in [0.2, 0.25) is 0 Å². The number of hydrogen-bond acceptors (Lipinski definition) is 2. The molecule has 0 saturated heterocycles. The molecule has 0 aliphatic carbocycles. The molecule has 0 bridgehead atoms. The van der Waals surface area contributed by atoms with Crippen LogP contribution in [0.4, 0.5) is 0 Å². The van der Waals surface area contributed by atoms with Crippen LogP contribution in [0.15, 0.2) is 24.3 Å². The first-order chi connectivity index (χ1) is 6.83. The zero-order valence-corrected chi connectivity index (χ0v) is 10.3. The molecule has 0 aliphatic rings. The van der Waals surface area contributed by atoms with Crippen LogP contribution in [0.5, 0.6) is 0 Å². The second-order valence-corrected chi connectivity index (χ2v) is 5.48. The quantitative estimate of drug-likeness (QED) is 0.683. The Morgan fingerprint density at radius 3 is 2.36 bits per heavy atom. The first-order valence-corrected chi connectivity index (χ1v) is 6.48. The van der Waals surface area contributed by atoms with Crippen molar-refractivity contribution in [3.8, 4) is 0 Å². The fraction of sp³-hybridized carbons (Fsp3) is 0.455. The van der Waals surface area contributed by atoms with Gasteiger partial charge in [-0.25, -0.2) is 0 Å². The van der Waals surface area contributed by atoms with Crippen LogP contribution < -0.4 is 5.19 Å². The van der Waals surface area contributed by atoms with Crippen LogP contribution in [-0.2, 0) is 15.3 Å².